The van der Waals surface area contributed by atoms with E-state index in [2.05, 4.69) is 22.4 Å². The van der Waals surface area contributed by atoms with E-state index in [1.54, 1.807) is 24.3 Å². The Morgan fingerprint density at radius 3 is 2.93 bits per heavy atom. The second kappa shape index (κ2) is 9.06. The first-order valence-electron chi connectivity index (χ1n) is 8.88. The van der Waals surface area contributed by atoms with E-state index in [4.69, 9.17) is 4.42 Å². The highest BCUT2D eigenvalue weighted by atomic mass is 32.1. The highest BCUT2D eigenvalue weighted by Crippen LogP contribution is 2.19. The van der Waals surface area contributed by atoms with Gasteiger partial charge in [-0.25, -0.2) is 0 Å². The molecule has 0 saturated heterocycles. The zero-order valence-corrected chi connectivity index (χ0v) is 16.1. The van der Waals surface area contributed by atoms with Gasteiger partial charge in [0.1, 0.15) is 28.5 Å². The van der Waals surface area contributed by atoms with Crippen molar-refractivity contribution >= 4 is 39.4 Å². The van der Waals surface area contributed by atoms with Crippen molar-refractivity contribution in [1.82, 2.24) is 10.2 Å². The molecule has 7 nitrogen and oxygen atoms in total. The van der Waals surface area contributed by atoms with Gasteiger partial charge >= 0.3 is 0 Å². The molecule has 1 aromatic carbocycles. The van der Waals surface area contributed by atoms with E-state index in [9.17, 15) is 14.9 Å². The Bertz CT molecular complexity index is 1120. The second-order valence-corrected chi connectivity index (χ2v) is 7.16. The van der Waals surface area contributed by atoms with Crippen LogP contribution >= 0.6 is 11.3 Å². The number of anilines is 1. The Hall–Kier alpha value is -3.31. The lowest BCUT2D eigenvalue weighted by molar-refractivity contribution is -0.112. The zero-order chi connectivity index (χ0) is 19.9. The summed E-state index contributed by atoms with van der Waals surface area (Å²) >= 11 is 1.28. The van der Waals surface area contributed by atoms with Gasteiger partial charge in [-0.3, -0.25) is 14.9 Å². The van der Waals surface area contributed by atoms with Crippen molar-refractivity contribution in [2.24, 2.45) is 0 Å². The molecular weight excluding hydrogens is 376 g/mol. The van der Waals surface area contributed by atoms with Crippen molar-refractivity contribution in [3.63, 3.8) is 0 Å². The summed E-state index contributed by atoms with van der Waals surface area (Å²) in [7, 11) is 0. The van der Waals surface area contributed by atoms with Gasteiger partial charge in [-0.05, 0) is 24.6 Å². The Kier molecular flexibility index (Phi) is 6.29. The minimum Gasteiger partial charge on any atom is -0.463 e. The average Bonchev–Trinajstić information content (AvgIpc) is 3.15. The van der Waals surface area contributed by atoms with Gasteiger partial charge < -0.3 is 4.42 Å². The molecule has 0 fully saturated rings. The summed E-state index contributed by atoms with van der Waals surface area (Å²) in [5.74, 6) is -0.647. The number of carbonyl (C=O) groups is 1. The lowest BCUT2D eigenvalue weighted by atomic mass is 10.1. The maximum absolute atomic E-state index is 12.5. The molecule has 0 unspecified atom stereocenters. The molecule has 1 amide bonds. The van der Waals surface area contributed by atoms with Gasteiger partial charge in [0.05, 0.1) is 10.9 Å². The van der Waals surface area contributed by atoms with Gasteiger partial charge in [-0.2, -0.15) is 5.26 Å². The van der Waals surface area contributed by atoms with Crippen LogP contribution in [0.3, 0.4) is 0 Å². The smallest absolute Gasteiger partial charge is 0.268 e. The summed E-state index contributed by atoms with van der Waals surface area (Å²) in [5, 5.41) is 21.4. The monoisotopic (exact) mass is 394 g/mol. The topological polar surface area (TPSA) is 109 Å². The Morgan fingerprint density at radius 1 is 1.32 bits per heavy atom. The Morgan fingerprint density at radius 2 is 2.14 bits per heavy atom. The van der Waals surface area contributed by atoms with Gasteiger partial charge in [0, 0.05) is 6.42 Å². The molecule has 8 heteroatoms. The number of unbranched alkanes of at least 4 members (excludes halogenated alkanes) is 2. The number of nitrogens with one attached hydrogen (secondary N) is 1. The summed E-state index contributed by atoms with van der Waals surface area (Å²) < 4.78 is 5.41. The van der Waals surface area contributed by atoms with E-state index < -0.39 is 5.91 Å². The Balaban J connectivity index is 1.78. The summed E-state index contributed by atoms with van der Waals surface area (Å²) in [6.45, 7) is 2.12. The maximum atomic E-state index is 12.5. The van der Waals surface area contributed by atoms with Crippen LogP contribution in [0.4, 0.5) is 5.13 Å². The first-order chi connectivity index (χ1) is 13.6. The van der Waals surface area contributed by atoms with Crippen LogP contribution in [-0.2, 0) is 11.2 Å². The summed E-state index contributed by atoms with van der Waals surface area (Å²) in [5.41, 5.74) is 0.0434. The van der Waals surface area contributed by atoms with E-state index in [0.29, 0.717) is 16.1 Å². The van der Waals surface area contributed by atoms with Crippen molar-refractivity contribution in [2.75, 3.05) is 5.32 Å². The van der Waals surface area contributed by atoms with E-state index >= 15 is 0 Å². The largest absolute Gasteiger partial charge is 0.463 e. The third-order valence-corrected chi connectivity index (χ3v) is 4.95. The fourth-order valence-electron chi connectivity index (χ4n) is 2.59. The van der Waals surface area contributed by atoms with E-state index in [1.807, 2.05) is 6.07 Å². The molecule has 0 radical (unpaired) electrons. The van der Waals surface area contributed by atoms with Gasteiger partial charge in [-0.1, -0.05) is 43.2 Å². The van der Waals surface area contributed by atoms with Gasteiger partial charge in [0.25, 0.3) is 5.91 Å². The first kappa shape index (κ1) is 19.5. The molecular formula is C20H18N4O3S. The summed E-state index contributed by atoms with van der Waals surface area (Å²) in [4.78, 5) is 24.9. The van der Waals surface area contributed by atoms with Crippen LogP contribution in [0.5, 0.6) is 0 Å². The predicted octanol–water partition coefficient (Wildman–Crippen LogP) is 3.92. The molecule has 28 heavy (non-hydrogen) atoms. The number of aromatic nitrogens is 2. The van der Waals surface area contributed by atoms with Gasteiger partial charge in [-0.15, -0.1) is 10.2 Å². The lowest BCUT2D eigenvalue weighted by Crippen LogP contribution is -2.14. The predicted molar refractivity (Wildman–Crippen MR) is 108 cm³/mol. The van der Waals surface area contributed by atoms with Crippen LogP contribution in [-0.4, -0.2) is 16.1 Å². The minimum atomic E-state index is -0.647. The third kappa shape index (κ3) is 4.50. The van der Waals surface area contributed by atoms with Crippen molar-refractivity contribution < 1.29 is 9.21 Å². The van der Waals surface area contributed by atoms with Crippen LogP contribution in [0.25, 0.3) is 17.0 Å². The highest BCUT2D eigenvalue weighted by Gasteiger charge is 2.14. The quantitative estimate of drug-likeness (QED) is 0.369. The summed E-state index contributed by atoms with van der Waals surface area (Å²) in [6.07, 6.45) is 6.50. The van der Waals surface area contributed by atoms with E-state index in [1.165, 1.54) is 23.7 Å². The third-order valence-electron chi connectivity index (χ3n) is 4.05. The standard InChI is InChI=1S/C20H18N4O3S/c1-2-3-4-9-17-23-24-20(28-17)22-19(26)13(11-21)10-14-12-27-16-8-6-5-7-15(16)18(14)25/h5-8,10,12H,2-4,9H2,1H3,(H,22,24,26)/b13-10-. The minimum absolute atomic E-state index is 0.128. The fraction of sp³-hybridized carbons (Fsp3) is 0.250. The molecule has 0 bridgehead atoms. The normalized spacial score (nSPS) is 11.4. The number of amides is 1. The first-order valence-corrected chi connectivity index (χ1v) is 9.70. The summed E-state index contributed by atoms with van der Waals surface area (Å²) in [6, 6.07) is 8.60. The van der Waals surface area contributed by atoms with Crippen LogP contribution in [0.1, 0.15) is 36.8 Å². The van der Waals surface area contributed by atoms with Crippen molar-refractivity contribution in [3.8, 4) is 6.07 Å². The number of rotatable bonds is 7. The van der Waals surface area contributed by atoms with E-state index in [-0.39, 0.29) is 16.6 Å². The van der Waals surface area contributed by atoms with Crippen LogP contribution in [0.15, 0.2) is 45.3 Å². The molecule has 0 aliphatic rings. The van der Waals surface area contributed by atoms with Gasteiger partial charge in [0.15, 0.2) is 5.43 Å². The van der Waals surface area contributed by atoms with Crippen molar-refractivity contribution in [2.45, 2.75) is 32.6 Å². The molecule has 0 saturated carbocycles. The lowest BCUT2D eigenvalue weighted by Gasteiger charge is -2.01. The van der Waals surface area contributed by atoms with Crippen LogP contribution in [0, 0.1) is 11.3 Å². The molecule has 2 aromatic heterocycles. The number of hydrogen-bond donors (Lipinski definition) is 1. The van der Waals surface area contributed by atoms with Crippen LogP contribution < -0.4 is 10.7 Å². The SMILES string of the molecule is CCCCCc1nnc(NC(=O)/C(C#N)=C\c2coc3ccccc3c2=O)s1. The molecule has 0 spiro atoms. The number of fused-ring (bicyclic) bond motifs is 1. The van der Waals surface area contributed by atoms with E-state index in [0.717, 1.165) is 30.7 Å². The second-order valence-electron chi connectivity index (χ2n) is 6.10. The molecule has 0 aliphatic carbocycles. The van der Waals surface area contributed by atoms with Crippen molar-refractivity contribution in [1.29, 1.82) is 5.26 Å². The number of carbonyl (C=O) groups excluding carboxylic acids is 1. The number of nitriles is 1. The number of aryl methyl sites for hydroxylation is 1. The molecule has 0 aliphatic heterocycles. The molecule has 3 aromatic rings. The highest BCUT2D eigenvalue weighted by molar-refractivity contribution is 7.15. The number of nitrogens with zero attached hydrogens (tertiary/aromatic N) is 3. The average molecular weight is 394 g/mol. The van der Waals surface area contributed by atoms with Gasteiger partial charge in [0.2, 0.25) is 5.13 Å². The molecule has 142 valence electrons. The Labute approximate surface area is 165 Å². The number of para-hydroxylation sites is 1. The number of benzene rings is 1. The fourth-order valence-corrected chi connectivity index (χ4v) is 3.37. The molecule has 2 heterocycles. The van der Waals surface area contributed by atoms with Crippen LogP contribution in [0.2, 0.25) is 0 Å². The number of hydrogen-bond acceptors (Lipinski definition) is 7. The maximum Gasteiger partial charge on any atom is 0.268 e. The molecule has 1 N–H and O–H groups in total. The zero-order valence-electron chi connectivity index (χ0n) is 15.3. The van der Waals surface area contributed by atoms with Crippen molar-refractivity contribution in [3.05, 3.63) is 56.9 Å². The molecule has 3 rings (SSSR count). The molecule has 0 atom stereocenters.